The summed E-state index contributed by atoms with van der Waals surface area (Å²) in [6.07, 6.45) is 3.15. The standard InChI is InChI=1S/C12H16INO2S/c1-9-5-7-10(8-6-9)17(15,16)14-12-4-2-3-11(12)13/h5-8,11-12,14H,2-4H2,1H3/t11-,12+/m0/s1. The molecule has 0 aliphatic heterocycles. The van der Waals surface area contributed by atoms with E-state index in [1.165, 1.54) is 0 Å². The van der Waals surface area contributed by atoms with E-state index in [1.54, 1.807) is 12.1 Å². The Morgan fingerprint density at radius 3 is 2.41 bits per heavy atom. The van der Waals surface area contributed by atoms with Crippen molar-refractivity contribution in [2.24, 2.45) is 0 Å². The van der Waals surface area contributed by atoms with Crippen molar-refractivity contribution >= 4 is 32.6 Å². The van der Waals surface area contributed by atoms with E-state index in [0.717, 1.165) is 24.8 Å². The maximum atomic E-state index is 12.1. The number of benzene rings is 1. The minimum absolute atomic E-state index is 0.0851. The molecule has 5 heteroatoms. The third-order valence-corrected chi connectivity index (χ3v) is 6.07. The Labute approximate surface area is 116 Å². The van der Waals surface area contributed by atoms with E-state index in [0.29, 0.717) is 8.82 Å². The molecular weight excluding hydrogens is 349 g/mol. The molecule has 0 bridgehead atoms. The summed E-state index contributed by atoms with van der Waals surface area (Å²) < 4.78 is 27.5. The van der Waals surface area contributed by atoms with Crippen LogP contribution in [0.5, 0.6) is 0 Å². The predicted octanol–water partition coefficient (Wildman–Crippen LogP) is 2.63. The number of aryl methyl sites for hydroxylation is 1. The quantitative estimate of drug-likeness (QED) is 0.661. The van der Waals surface area contributed by atoms with Crippen LogP contribution in [0.25, 0.3) is 0 Å². The maximum absolute atomic E-state index is 12.1. The van der Waals surface area contributed by atoms with Crippen LogP contribution in [0, 0.1) is 6.92 Å². The van der Waals surface area contributed by atoms with Gasteiger partial charge in [-0.2, -0.15) is 0 Å². The molecule has 0 heterocycles. The van der Waals surface area contributed by atoms with Gasteiger partial charge < -0.3 is 0 Å². The fourth-order valence-corrected chi connectivity index (χ4v) is 4.57. The van der Waals surface area contributed by atoms with Crippen LogP contribution in [0.4, 0.5) is 0 Å². The summed E-state index contributed by atoms with van der Waals surface area (Å²) in [7, 11) is -3.35. The summed E-state index contributed by atoms with van der Waals surface area (Å²) in [5.74, 6) is 0. The number of sulfonamides is 1. The molecule has 1 aliphatic rings. The Hall–Kier alpha value is -0.140. The molecule has 0 unspecified atom stereocenters. The molecule has 0 amide bonds. The fraction of sp³-hybridized carbons (Fsp3) is 0.500. The van der Waals surface area contributed by atoms with Gasteiger partial charge in [0.25, 0.3) is 0 Å². The van der Waals surface area contributed by atoms with Gasteiger partial charge in [0.1, 0.15) is 0 Å². The zero-order valence-corrected chi connectivity index (χ0v) is 12.7. The van der Waals surface area contributed by atoms with Crippen LogP contribution < -0.4 is 4.72 Å². The summed E-state index contributed by atoms with van der Waals surface area (Å²) >= 11 is 2.33. The van der Waals surface area contributed by atoms with Crippen molar-refractivity contribution in [3.8, 4) is 0 Å². The Morgan fingerprint density at radius 2 is 1.88 bits per heavy atom. The summed E-state index contributed by atoms with van der Waals surface area (Å²) in [5.41, 5.74) is 1.07. The number of halogens is 1. The number of nitrogens with one attached hydrogen (secondary N) is 1. The molecule has 94 valence electrons. The first-order valence-electron chi connectivity index (χ1n) is 5.72. The number of alkyl halides is 1. The molecule has 1 aliphatic carbocycles. The van der Waals surface area contributed by atoms with Crippen LogP contribution in [0.15, 0.2) is 29.2 Å². The fourth-order valence-electron chi connectivity index (χ4n) is 2.03. The molecule has 1 N–H and O–H groups in total. The Kier molecular flexibility index (Phi) is 4.10. The lowest BCUT2D eigenvalue weighted by Crippen LogP contribution is -2.37. The van der Waals surface area contributed by atoms with E-state index >= 15 is 0 Å². The minimum atomic E-state index is -3.35. The molecule has 0 saturated heterocycles. The Balaban J connectivity index is 2.16. The summed E-state index contributed by atoms with van der Waals surface area (Å²) in [4.78, 5) is 0.360. The molecule has 0 spiro atoms. The highest BCUT2D eigenvalue weighted by Gasteiger charge is 2.29. The van der Waals surface area contributed by atoms with Crippen LogP contribution in [-0.2, 0) is 10.0 Å². The minimum Gasteiger partial charge on any atom is -0.207 e. The highest BCUT2D eigenvalue weighted by molar-refractivity contribution is 14.1. The SMILES string of the molecule is Cc1ccc(S(=O)(=O)N[C@@H]2CCC[C@@H]2I)cc1. The normalized spacial score (nSPS) is 25.1. The van der Waals surface area contributed by atoms with E-state index in [2.05, 4.69) is 27.3 Å². The Bertz CT molecular complexity index is 484. The molecular formula is C12H16INO2S. The van der Waals surface area contributed by atoms with Crippen LogP contribution in [0.2, 0.25) is 0 Å². The lowest BCUT2D eigenvalue weighted by molar-refractivity contribution is 0.557. The Morgan fingerprint density at radius 1 is 1.24 bits per heavy atom. The molecule has 1 fully saturated rings. The van der Waals surface area contributed by atoms with Crippen molar-refractivity contribution in [2.45, 2.75) is 41.0 Å². The number of hydrogen-bond acceptors (Lipinski definition) is 2. The summed E-state index contributed by atoms with van der Waals surface area (Å²) in [5, 5.41) is 0. The average molecular weight is 365 g/mol. The van der Waals surface area contributed by atoms with Crippen LogP contribution in [0.1, 0.15) is 24.8 Å². The second-order valence-electron chi connectivity index (χ2n) is 4.49. The van der Waals surface area contributed by atoms with Crippen LogP contribution in [0.3, 0.4) is 0 Å². The molecule has 2 atom stereocenters. The maximum Gasteiger partial charge on any atom is 0.240 e. The number of rotatable bonds is 3. The van der Waals surface area contributed by atoms with Crippen molar-refractivity contribution in [2.75, 3.05) is 0 Å². The number of hydrogen-bond donors (Lipinski definition) is 1. The van der Waals surface area contributed by atoms with Gasteiger partial charge in [0, 0.05) is 9.97 Å². The monoisotopic (exact) mass is 365 g/mol. The predicted molar refractivity (Wildman–Crippen MR) is 76.9 cm³/mol. The third-order valence-electron chi connectivity index (χ3n) is 3.07. The van der Waals surface area contributed by atoms with Crippen molar-refractivity contribution < 1.29 is 8.42 Å². The van der Waals surface area contributed by atoms with Gasteiger partial charge in [-0.3, -0.25) is 0 Å². The highest BCUT2D eigenvalue weighted by Crippen LogP contribution is 2.27. The zero-order valence-electron chi connectivity index (χ0n) is 9.69. The lowest BCUT2D eigenvalue weighted by Gasteiger charge is -2.16. The van der Waals surface area contributed by atoms with E-state index in [-0.39, 0.29) is 6.04 Å². The van der Waals surface area contributed by atoms with Gasteiger partial charge in [-0.05, 0) is 31.9 Å². The van der Waals surface area contributed by atoms with Gasteiger partial charge in [-0.1, -0.05) is 46.7 Å². The van der Waals surface area contributed by atoms with Gasteiger partial charge in [-0.15, -0.1) is 0 Å². The first-order valence-corrected chi connectivity index (χ1v) is 8.45. The van der Waals surface area contributed by atoms with E-state index in [4.69, 9.17) is 0 Å². The molecule has 1 saturated carbocycles. The molecule has 1 aromatic rings. The van der Waals surface area contributed by atoms with Gasteiger partial charge in [-0.25, -0.2) is 13.1 Å². The van der Waals surface area contributed by atoms with Crippen LogP contribution in [-0.4, -0.2) is 18.4 Å². The first kappa shape index (κ1) is 13.3. The van der Waals surface area contributed by atoms with Crippen LogP contribution >= 0.6 is 22.6 Å². The lowest BCUT2D eigenvalue weighted by atomic mass is 10.2. The van der Waals surface area contributed by atoms with Gasteiger partial charge >= 0.3 is 0 Å². The van der Waals surface area contributed by atoms with Gasteiger partial charge in [0.05, 0.1) is 4.90 Å². The zero-order chi connectivity index (χ0) is 12.5. The van der Waals surface area contributed by atoms with Gasteiger partial charge in [0.15, 0.2) is 0 Å². The van der Waals surface area contributed by atoms with Gasteiger partial charge in [0.2, 0.25) is 10.0 Å². The average Bonchev–Trinajstić information content (AvgIpc) is 2.64. The van der Waals surface area contributed by atoms with Crippen molar-refractivity contribution in [1.29, 1.82) is 0 Å². The largest absolute Gasteiger partial charge is 0.240 e. The van der Waals surface area contributed by atoms with Crippen molar-refractivity contribution in [3.63, 3.8) is 0 Å². The topological polar surface area (TPSA) is 46.2 Å². The molecule has 1 aromatic carbocycles. The highest BCUT2D eigenvalue weighted by atomic mass is 127. The van der Waals surface area contributed by atoms with Crippen molar-refractivity contribution in [1.82, 2.24) is 4.72 Å². The second kappa shape index (κ2) is 5.24. The molecule has 3 nitrogen and oxygen atoms in total. The molecule has 0 aromatic heterocycles. The summed E-state index contributed by atoms with van der Waals surface area (Å²) in [6.45, 7) is 1.95. The smallest absolute Gasteiger partial charge is 0.207 e. The third kappa shape index (κ3) is 3.20. The van der Waals surface area contributed by atoms with E-state index in [1.807, 2.05) is 19.1 Å². The molecule has 2 rings (SSSR count). The second-order valence-corrected chi connectivity index (χ2v) is 7.80. The molecule has 0 radical (unpaired) electrons. The van der Waals surface area contributed by atoms with E-state index in [9.17, 15) is 8.42 Å². The summed E-state index contributed by atoms with van der Waals surface area (Å²) in [6, 6.07) is 7.06. The van der Waals surface area contributed by atoms with E-state index < -0.39 is 10.0 Å². The first-order chi connectivity index (χ1) is 7.99. The van der Waals surface area contributed by atoms with Crippen molar-refractivity contribution in [3.05, 3.63) is 29.8 Å². The molecule has 17 heavy (non-hydrogen) atoms.